The zero-order chi connectivity index (χ0) is 9.26. The normalized spacial score (nSPS) is 19.0. The molecule has 0 aliphatic carbocycles. The fourth-order valence-corrected chi connectivity index (χ4v) is 1.56. The molecule has 4 nitrogen and oxygen atoms in total. The highest BCUT2D eigenvalue weighted by molar-refractivity contribution is 5.86. The van der Waals surface area contributed by atoms with E-state index in [9.17, 15) is 4.79 Å². The summed E-state index contributed by atoms with van der Waals surface area (Å²) in [6.45, 7) is 0. The molecule has 4 heteroatoms. The van der Waals surface area contributed by atoms with Gasteiger partial charge in [0.1, 0.15) is 6.04 Å². The van der Waals surface area contributed by atoms with Crippen LogP contribution in [0.25, 0.3) is 0 Å². The lowest BCUT2D eigenvalue weighted by Gasteiger charge is -2.07. The maximum Gasteiger partial charge on any atom is 0.256 e. The topological polar surface area (TPSA) is 67.1 Å². The van der Waals surface area contributed by atoms with Gasteiger partial charge in [-0.2, -0.15) is 0 Å². The van der Waals surface area contributed by atoms with Crippen LogP contribution in [0.2, 0.25) is 0 Å². The average Bonchev–Trinajstić information content (AvgIpc) is 2.59. The molecule has 1 amide bonds. The van der Waals surface area contributed by atoms with Crippen LogP contribution >= 0.6 is 0 Å². The van der Waals surface area contributed by atoms with Gasteiger partial charge in [0.15, 0.2) is 0 Å². The first-order chi connectivity index (χ1) is 6.31. The summed E-state index contributed by atoms with van der Waals surface area (Å²) in [7, 11) is 0. The number of nitrogens with one attached hydrogen (secondary N) is 2. The van der Waals surface area contributed by atoms with Crippen LogP contribution < -0.4 is 16.6 Å². The fourth-order valence-electron chi connectivity index (χ4n) is 1.56. The summed E-state index contributed by atoms with van der Waals surface area (Å²) >= 11 is 0. The Labute approximate surface area is 76.1 Å². The summed E-state index contributed by atoms with van der Waals surface area (Å²) in [5, 5.41) is 3.09. The number of carbonyl (C=O) groups is 1. The number of benzene rings is 1. The molecule has 2 rings (SSSR count). The molecule has 0 bridgehead atoms. The zero-order valence-corrected chi connectivity index (χ0v) is 7.08. The third-order valence-corrected chi connectivity index (χ3v) is 2.23. The van der Waals surface area contributed by atoms with Crippen LogP contribution in [0.5, 0.6) is 0 Å². The highest BCUT2D eigenvalue weighted by atomic mass is 16.2. The standard InChI is InChI=1S/C9H11N3O/c10-12-9(13)8-5-6-3-1-2-4-7(6)11-8/h1-4,8,11H,5,10H2,(H,12,13)/t8-/m0/s1. The number of para-hydroxylation sites is 1. The molecule has 0 saturated carbocycles. The number of anilines is 1. The van der Waals surface area contributed by atoms with Crippen molar-refractivity contribution >= 4 is 11.6 Å². The van der Waals surface area contributed by atoms with E-state index in [1.54, 1.807) is 0 Å². The SMILES string of the molecule is NNC(=O)[C@@H]1Cc2ccccc2N1. The van der Waals surface area contributed by atoms with Gasteiger partial charge in [-0.3, -0.25) is 10.2 Å². The van der Waals surface area contributed by atoms with E-state index in [1.807, 2.05) is 24.3 Å². The minimum atomic E-state index is -0.220. The summed E-state index contributed by atoms with van der Waals surface area (Å²) in [5.74, 6) is 4.88. The number of nitrogens with two attached hydrogens (primary N) is 1. The maximum absolute atomic E-state index is 11.2. The van der Waals surface area contributed by atoms with Crippen molar-refractivity contribution in [2.45, 2.75) is 12.5 Å². The molecule has 1 heterocycles. The second kappa shape index (κ2) is 3.06. The molecule has 4 N–H and O–H groups in total. The van der Waals surface area contributed by atoms with E-state index in [0.29, 0.717) is 6.42 Å². The molecule has 0 radical (unpaired) electrons. The van der Waals surface area contributed by atoms with E-state index in [1.165, 1.54) is 0 Å². The molecular weight excluding hydrogens is 166 g/mol. The van der Waals surface area contributed by atoms with E-state index in [2.05, 4.69) is 10.7 Å². The molecule has 1 atom stereocenters. The predicted octanol–water partition coefficient (Wildman–Crippen LogP) is 0.0131. The third kappa shape index (κ3) is 1.36. The molecule has 13 heavy (non-hydrogen) atoms. The Morgan fingerprint density at radius 2 is 2.31 bits per heavy atom. The third-order valence-electron chi connectivity index (χ3n) is 2.23. The average molecular weight is 177 g/mol. The van der Waals surface area contributed by atoms with E-state index in [4.69, 9.17) is 5.84 Å². The molecule has 0 spiro atoms. The van der Waals surface area contributed by atoms with E-state index in [-0.39, 0.29) is 11.9 Å². The van der Waals surface area contributed by atoms with Gasteiger partial charge in [-0.1, -0.05) is 18.2 Å². The second-order valence-electron chi connectivity index (χ2n) is 3.07. The molecule has 1 aliphatic heterocycles. The maximum atomic E-state index is 11.2. The Morgan fingerprint density at radius 1 is 1.54 bits per heavy atom. The predicted molar refractivity (Wildman–Crippen MR) is 49.9 cm³/mol. The molecule has 0 unspecified atom stereocenters. The van der Waals surface area contributed by atoms with Gasteiger partial charge < -0.3 is 5.32 Å². The Kier molecular flexibility index (Phi) is 1.90. The lowest BCUT2D eigenvalue weighted by atomic mass is 10.1. The zero-order valence-electron chi connectivity index (χ0n) is 7.08. The first kappa shape index (κ1) is 8.07. The van der Waals surface area contributed by atoms with Gasteiger partial charge in [-0.15, -0.1) is 0 Å². The monoisotopic (exact) mass is 177 g/mol. The number of amides is 1. The summed E-state index contributed by atoms with van der Waals surface area (Å²) in [6.07, 6.45) is 0.708. The summed E-state index contributed by atoms with van der Waals surface area (Å²) in [4.78, 5) is 11.2. The van der Waals surface area contributed by atoms with Gasteiger partial charge >= 0.3 is 0 Å². The van der Waals surface area contributed by atoms with Crippen LogP contribution in [0.3, 0.4) is 0 Å². The van der Waals surface area contributed by atoms with Gasteiger partial charge in [-0.05, 0) is 11.6 Å². The van der Waals surface area contributed by atoms with Gasteiger partial charge in [0.2, 0.25) is 0 Å². The summed E-state index contributed by atoms with van der Waals surface area (Å²) in [5.41, 5.74) is 4.33. The van der Waals surface area contributed by atoms with Crippen LogP contribution in [0.15, 0.2) is 24.3 Å². The summed E-state index contributed by atoms with van der Waals surface area (Å²) in [6, 6.07) is 7.64. The number of hydrogen-bond donors (Lipinski definition) is 3. The van der Waals surface area contributed by atoms with Crippen molar-refractivity contribution in [3.05, 3.63) is 29.8 Å². The summed E-state index contributed by atoms with van der Waals surface area (Å²) < 4.78 is 0. The van der Waals surface area contributed by atoms with Crippen molar-refractivity contribution in [2.75, 3.05) is 5.32 Å². The highest BCUT2D eigenvalue weighted by Crippen LogP contribution is 2.24. The van der Waals surface area contributed by atoms with E-state index >= 15 is 0 Å². The number of fused-ring (bicyclic) bond motifs is 1. The first-order valence-corrected chi connectivity index (χ1v) is 4.16. The first-order valence-electron chi connectivity index (χ1n) is 4.16. The van der Waals surface area contributed by atoms with Gasteiger partial charge in [0.05, 0.1) is 0 Å². The van der Waals surface area contributed by atoms with Crippen molar-refractivity contribution in [3.8, 4) is 0 Å². The van der Waals surface area contributed by atoms with Crippen molar-refractivity contribution in [1.82, 2.24) is 5.43 Å². The van der Waals surface area contributed by atoms with E-state index in [0.717, 1.165) is 11.3 Å². The van der Waals surface area contributed by atoms with Crippen LogP contribution in [-0.4, -0.2) is 11.9 Å². The van der Waals surface area contributed by atoms with Crippen LogP contribution in [0, 0.1) is 0 Å². The van der Waals surface area contributed by atoms with Crippen LogP contribution in [-0.2, 0) is 11.2 Å². The molecule has 68 valence electrons. The Bertz CT molecular complexity index is 312. The Hall–Kier alpha value is -1.55. The Morgan fingerprint density at radius 3 is 3.00 bits per heavy atom. The molecule has 0 fully saturated rings. The molecule has 1 aromatic carbocycles. The number of hydrogen-bond acceptors (Lipinski definition) is 3. The Balaban J connectivity index is 2.18. The van der Waals surface area contributed by atoms with E-state index < -0.39 is 0 Å². The second-order valence-corrected chi connectivity index (χ2v) is 3.07. The fraction of sp³-hybridized carbons (Fsp3) is 0.222. The van der Waals surface area contributed by atoms with Gasteiger partial charge in [-0.25, -0.2) is 5.84 Å². The van der Waals surface area contributed by atoms with Crippen molar-refractivity contribution < 1.29 is 4.79 Å². The van der Waals surface area contributed by atoms with Crippen LogP contribution in [0.1, 0.15) is 5.56 Å². The van der Waals surface area contributed by atoms with Crippen molar-refractivity contribution in [2.24, 2.45) is 5.84 Å². The van der Waals surface area contributed by atoms with Crippen molar-refractivity contribution in [3.63, 3.8) is 0 Å². The molecule has 1 aromatic rings. The lowest BCUT2D eigenvalue weighted by molar-refractivity contribution is -0.121. The molecule has 0 saturated heterocycles. The minimum absolute atomic E-state index is 0.170. The number of hydrazine groups is 1. The molecule has 0 aromatic heterocycles. The minimum Gasteiger partial charge on any atom is -0.373 e. The van der Waals surface area contributed by atoms with Gasteiger partial charge in [0, 0.05) is 12.1 Å². The number of rotatable bonds is 1. The largest absolute Gasteiger partial charge is 0.373 e. The van der Waals surface area contributed by atoms with Gasteiger partial charge in [0.25, 0.3) is 5.91 Å². The van der Waals surface area contributed by atoms with Crippen LogP contribution in [0.4, 0.5) is 5.69 Å². The highest BCUT2D eigenvalue weighted by Gasteiger charge is 2.25. The number of carbonyl (C=O) groups excluding carboxylic acids is 1. The lowest BCUT2D eigenvalue weighted by Crippen LogP contribution is -2.42. The molecular formula is C9H11N3O. The van der Waals surface area contributed by atoms with Crippen molar-refractivity contribution in [1.29, 1.82) is 0 Å². The quantitative estimate of drug-likeness (QED) is 0.321. The smallest absolute Gasteiger partial charge is 0.256 e. The molecule has 1 aliphatic rings.